The van der Waals surface area contributed by atoms with Crippen molar-refractivity contribution in [1.29, 1.82) is 0 Å². The Labute approximate surface area is 151 Å². The van der Waals surface area contributed by atoms with Crippen LogP contribution >= 0.6 is 0 Å². The van der Waals surface area contributed by atoms with Crippen LogP contribution in [0.25, 0.3) is 0 Å². The van der Waals surface area contributed by atoms with Gasteiger partial charge in [0.05, 0.1) is 23.2 Å². The molecule has 0 aromatic rings. The molecule has 146 valence electrons. The Bertz CT molecular complexity index is 709. The summed E-state index contributed by atoms with van der Waals surface area (Å²) in [4.78, 5) is 24.6. The number of carbonyl (C=O) groups excluding carboxylic acids is 2. The molecule has 1 aliphatic carbocycles. The van der Waals surface area contributed by atoms with Crippen molar-refractivity contribution in [2.75, 3.05) is 6.54 Å². The Hall–Kier alpha value is -1.23. The average Bonchev–Trinajstić information content (AvgIpc) is 3.19. The van der Waals surface area contributed by atoms with Crippen LogP contribution in [0.15, 0.2) is 0 Å². The van der Waals surface area contributed by atoms with Gasteiger partial charge in [0, 0.05) is 6.04 Å². The second kappa shape index (κ2) is 6.43. The summed E-state index contributed by atoms with van der Waals surface area (Å²) in [6.07, 6.45) is -0.713. The van der Waals surface area contributed by atoms with Gasteiger partial charge < -0.3 is 19.5 Å². The zero-order valence-electron chi connectivity index (χ0n) is 14.4. The highest BCUT2D eigenvalue weighted by atomic mass is 32.2. The topological polar surface area (TPSA) is 128 Å². The first-order valence-corrected chi connectivity index (χ1v) is 10.6. The van der Waals surface area contributed by atoms with Gasteiger partial charge in [-0.25, -0.2) is 0 Å². The third kappa shape index (κ3) is 2.92. The lowest BCUT2D eigenvalue weighted by Crippen LogP contribution is -2.49. The minimum Gasteiger partial charge on any atom is -0.455 e. The van der Waals surface area contributed by atoms with Crippen LogP contribution in [0.2, 0.25) is 0 Å². The molecule has 4 aliphatic rings. The summed E-state index contributed by atoms with van der Waals surface area (Å²) in [7, 11) is -4.21. The van der Waals surface area contributed by atoms with E-state index in [0.29, 0.717) is 25.8 Å². The largest absolute Gasteiger partial charge is 0.455 e. The fraction of sp³-hybridized carbons (Fsp3) is 0.875. The van der Waals surface area contributed by atoms with Gasteiger partial charge >= 0.3 is 11.9 Å². The first kappa shape index (κ1) is 18.1. The number of hydrogen-bond donors (Lipinski definition) is 2. The van der Waals surface area contributed by atoms with Gasteiger partial charge in [0.25, 0.3) is 10.1 Å². The van der Waals surface area contributed by atoms with Crippen LogP contribution in [-0.2, 0) is 33.9 Å². The van der Waals surface area contributed by atoms with E-state index in [1.807, 2.05) is 6.92 Å². The lowest BCUT2D eigenvalue weighted by Gasteiger charge is -2.35. The van der Waals surface area contributed by atoms with Crippen molar-refractivity contribution in [3.05, 3.63) is 0 Å². The maximum absolute atomic E-state index is 12.8. The smallest absolute Gasteiger partial charge is 0.312 e. The predicted octanol–water partition coefficient (Wildman–Crippen LogP) is -0.354. The first-order valence-electron chi connectivity index (χ1n) is 9.05. The second-order valence-electron chi connectivity index (χ2n) is 7.51. The summed E-state index contributed by atoms with van der Waals surface area (Å²) < 4.78 is 49.0. The van der Waals surface area contributed by atoms with Crippen LogP contribution in [0.5, 0.6) is 0 Å². The van der Waals surface area contributed by atoms with Crippen molar-refractivity contribution in [1.82, 2.24) is 5.32 Å². The Morgan fingerprint density at radius 1 is 1.31 bits per heavy atom. The van der Waals surface area contributed by atoms with Gasteiger partial charge in [0.1, 0.15) is 6.10 Å². The Balaban J connectivity index is 1.47. The Kier molecular flexibility index (Phi) is 4.49. The van der Waals surface area contributed by atoms with Crippen LogP contribution < -0.4 is 5.32 Å². The lowest BCUT2D eigenvalue weighted by atomic mass is 9.83. The van der Waals surface area contributed by atoms with Gasteiger partial charge in [-0.15, -0.1) is 0 Å². The molecule has 0 spiro atoms. The normalized spacial score (nSPS) is 44.2. The maximum atomic E-state index is 12.8. The number of fused-ring (bicyclic) bond motifs is 1. The molecule has 9 nitrogen and oxygen atoms in total. The van der Waals surface area contributed by atoms with Gasteiger partial charge in [-0.05, 0) is 32.2 Å². The van der Waals surface area contributed by atoms with Crippen molar-refractivity contribution in [2.45, 2.75) is 68.3 Å². The highest BCUT2D eigenvalue weighted by Gasteiger charge is 2.65. The van der Waals surface area contributed by atoms with Crippen molar-refractivity contribution in [3.63, 3.8) is 0 Å². The van der Waals surface area contributed by atoms with E-state index in [0.717, 1.165) is 0 Å². The molecule has 3 aliphatic heterocycles. The molecule has 0 aromatic carbocycles. The highest BCUT2D eigenvalue weighted by Crippen LogP contribution is 2.47. The van der Waals surface area contributed by atoms with Crippen LogP contribution in [-0.4, -0.2) is 67.2 Å². The number of esters is 2. The molecule has 10 heteroatoms. The van der Waals surface area contributed by atoms with Crippen LogP contribution in [0.4, 0.5) is 0 Å². The maximum Gasteiger partial charge on any atom is 0.312 e. The van der Waals surface area contributed by atoms with E-state index < -0.39 is 39.5 Å². The number of ether oxygens (including phenoxy) is 3. The summed E-state index contributed by atoms with van der Waals surface area (Å²) in [6, 6.07) is -0.219. The van der Waals surface area contributed by atoms with Gasteiger partial charge in [0.15, 0.2) is 12.2 Å². The van der Waals surface area contributed by atoms with Gasteiger partial charge in [-0.3, -0.25) is 14.1 Å². The van der Waals surface area contributed by atoms with E-state index >= 15 is 0 Å². The van der Waals surface area contributed by atoms with E-state index in [2.05, 4.69) is 5.32 Å². The molecule has 4 rings (SSSR count). The highest BCUT2D eigenvalue weighted by molar-refractivity contribution is 7.86. The van der Waals surface area contributed by atoms with Crippen molar-refractivity contribution in [3.8, 4) is 0 Å². The number of rotatable bonds is 5. The molecule has 1 saturated carbocycles. The third-order valence-corrected chi connectivity index (χ3v) is 7.30. The number of hydrogen-bond acceptors (Lipinski definition) is 8. The molecule has 8 unspecified atom stereocenters. The van der Waals surface area contributed by atoms with Crippen LogP contribution in [0.1, 0.15) is 32.6 Å². The zero-order valence-corrected chi connectivity index (χ0v) is 15.2. The van der Waals surface area contributed by atoms with Crippen molar-refractivity contribution < 1.29 is 36.8 Å². The molecule has 2 N–H and O–H groups in total. The Morgan fingerprint density at radius 2 is 2.08 bits per heavy atom. The average molecular weight is 389 g/mol. The molecule has 0 amide bonds. The van der Waals surface area contributed by atoms with Crippen LogP contribution in [0, 0.1) is 11.8 Å². The summed E-state index contributed by atoms with van der Waals surface area (Å²) >= 11 is 0. The molecular weight excluding hydrogens is 366 g/mol. The predicted molar refractivity (Wildman–Crippen MR) is 86.7 cm³/mol. The van der Waals surface area contributed by atoms with Gasteiger partial charge in [-0.2, -0.15) is 8.42 Å². The van der Waals surface area contributed by atoms with Crippen LogP contribution in [0.3, 0.4) is 0 Å². The molecule has 3 heterocycles. The molecule has 4 fully saturated rings. The molecule has 26 heavy (non-hydrogen) atoms. The van der Waals surface area contributed by atoms with Crippen molar-refractivity contribution >= 4 is 22.1 Å². The third-order valence-electron chi connectivity index (χ3n) is 6.03. The van der Waals surface area contributed by atoms with Gasteiger partial charge in [0.2, 0.25) is 0 Å². The second-order valence-corrected chi connectivity index (χ2v) is 9.20. The summed E-state index contributed by atoms with van der Waals surface area (Å²) in [5.74, 6) is -1.81. The molecule has 2 bridgehead atoms. The van der Waals surface area contributed by atoms with Crippen molar-refractivity contribution in [2.24, 2.45) is 11.8 Å². The van der Waals surface area contributed by atoms with E-state index in [-0.39, 0.29) is 36.6 Å². The number of carbonyl (C=O) groups is 2. The number of nitrogens with one attached hydrogen (secondary N) is 1. The SMILES string of the molecule is CCNC1CCC(S(=O)(=O)O)CC1C(=O)OC1C2CC3C(=O)OC1C3O2. The van der Waals surface area contributed by atoms with E-state index in [9.17, 15) is 22.6 Å². The minimum absolute atomic E-state index is 0.00405. The molecule has 3 saturated heterocycles. The van der Waals surface area contributed by atoms with E-state index in [1.165, 1.54) is 0 Å². The molecule has 0 aromatic heterocycles. The summed E-state index contributed by atoms with van der Waals surface area (Å²) in [5, 5.41) is 2.22. The summed E-state index contributed by atoms with van der Waals surface area (Å²) in [5.41, 5.74) is 0. The fourth-order valence-electron chi connectivity index (χ4n) is 4.77. The molecule has 8 atom stereocenters. The molecule has 0 radical (unpaired) electrons. The fourth-order valence-corrected chi connectivity index (χ4v) is 5.66. The quantitative estimate of drug-likeness (QED) is 0.479. The van der Waals surface area contributed by atoms with E-state index in [1.54, 1.807) is 0 Å². The Morgan fingerprint density at radius 3 is 2.77 bits per heavy atom. The standard InChI is InChI=1S/C16H23NO8S/c1-2-17-10-4-3-7(26(20,21)22)5-8(10)15(18)24-13-11-6-9-12(23-11)14(13)25-16(9)19/h7-14,17H,2-6H2,1H3,(H,20,21,22). The monoisotopic (exact) mass is 389 g/mol. The van der Waals surface area contributed by atoms with Gasteiger partial charge in [-0.1, -0.05) is 6.92 Å². The minimum atomic E-state index is -4.21. The lowest BCUT2D eigenvalue weighted by molar-refractivity contribution is -0.166. The first-order chi connectivity index (χ1) is 12.3. The van der Waals surface area contributed by atoms with E-state index in [4.69, 9.17) is 14.2 Å². The molecular formula is C16H23NO8S. The summed E-state index contributed by atoms with van der Waals surface area (Å²) in [6.45, 7) is 2.53. The zero-order chi connectivity index (χ0) is 18.6.